The van der Waals surface area contributed by atoms with Crippen LogP contribution in [0, 0.1) is 5.92 Å². The maximum atomic E-state index is 5.55. The third-order valence-electron chi connectivity index (χ3n) is 3.74. The number of likely N-dealkylation sites (tertiary alicyclic amines) is 1. The first kappa shape index (κ1) is 22.9. The van der Waals surface area contributed by atoms with Gasteiger partial charge < -0.3 is 24.4 Å². The lowest BCUT2D eigenvalue weighted by Crippen LogP contribution is -2.41. The van der Waals surface area contributed by atoms with Crippen molar-refractivity contribution in [1.29, 1.82) is 0 Å². The Hall–Kier alpha value is -0.120. The molecule has 0 amide bonds. The summed E-state index contributed by atoms with van der Waals surface area (Å²) in [6.45, 7) is 8.66. The van der Waals surface area contributed by atoms with Gasteiger partial charge in [0.1, 0.15) is 0 Å². The molecule has 0 saturated carbocycles. The van der Waals surface area contributed by atoms with Crippen molar-refractivity contribution in [3.63, 3.8) is 0 Å². The second-order valence-corrected chi connectivity index (χ2v) is 5.61. The van der Waals surface area contributed by atoms with Gasteiger partial charge in [0, 0.05) is 46.3 Å². The quantitative estimate of drug-likeness (QED) is 0.229. The van der Waals surface area contributed by atoms with Crippen LogP contribution in [0.3, 0.4) is 0 Å². The molecule has 1 rings (SSSR count). The van der Waals surface area contributed by atoms with E-state index in [4.69, 9.17) is 14.2 Å². The lowest BCUT2D eigenvalue weighted by molar-refractivity contribution is 0.0486. The molecule has 7 heteroatoms. The van der Waals surface area contributed by atoms with Gasteiger partial charge in [-0.15, -0.1) is 24.0 Å². The van der Waals surface area contributed by atoms with Crippen LogP contribution in [0.2, 0.25) is 0 Å². The number of nitrogens with one attached hydrogen (secondary N) is 1. The van der Waals surface area contributed by atoms with E-state index in [0.717, 1.165) is 45.2 Å². The highest BCUT2D eigenvalue weighted by Gasteiger charge is 2.24. The monoisotopic (exact) mass is 443 g/mol. The summed E-state index contributed by atoms with van der Waals surface area (Å²) >= 11 is 0. The zero-order valence-corrected chi connectivity index (χ0v) is 17.2. The maximum absolute atomic E-state index is 5.55. The molecule has 1 saturated heterocycles. The number of aliphatic imine (C=N–C) groups is 1. The average molecular weight is 443 g/mol. The second-order valence-electron chi connectivity index (χ2n) is 5.61. The molecule has 1 fully saturated rings. The summed E-state index contributed by atoms with van der Waals surface area (Å²) in [5.74, 6) is 1.57. The fourth-order valence-corrected chi connectivity index (χ4v) is 2.53. The van der Waals surface area contributed by atoms with Gasteiger partial charge in [0.05, 0.1) is 26.4 Å². The number of halogens is 1. The van der Waals surface area contributed by atoms with Crippen LogP contribution in [0.25, 0.3) is 0 Å². The second kappa shape index (κ2) is 15.4. The highest BCUT2D eigenvalue weighted by molar-refractivity contribution is 14.0. The third kappa shape index (κ3) is 10.4. The zero-order valence-electron chi connectivity index (χ0n) is 14.9. The van der Waals surface area contributed by atoms with E-state index in [1.165, 1.54) is 12.8 Å². The Morgan fingerprint density at radius 3 is 2.61 bits per heavy atom. The maximum Gasteiger partial charge on any atom is 0.193 e. The van der Waals surface area contributed by atoms with Crippen LogP contribution < -0.4 is 5.32 Å². The average Bonchev–Trinajstić information content (AvgIpc) is 2.98. The Morgan fingerprint density at radius 1 is 1.22 bits per heavy atom. The Morgan fingerprint density at radius 2 is 1.96 bits per heavy atom. The first-order valence-electron chi connectivity index (χ1n) is 8.41. The zero-order chi connectivity index (χ0) is 16.0. The molecule has 6 nitrogen and oxygen atoms in total. The largest absolute Gasteiger partial charge is 0.384 e. The Balaban J connectivity index is 0.00000484. The summed E-state index contributed by atoms with van der Waals surface area (Å²) in [6.07, 6.45) is 3.46. The van der Waals surface area contributed by atoms with Crippen molar-refractivity contribution in [3.05, 3.63) is 0 Å². The Labute approximate surface area is 158 Å². The van der Waals surface area contributed by atoms with Gasteiger partial charge in [0.25, 0.3) is 0 Å². The van der Waals surface area contributed by atoms with E-state index in [9.17, 15) is 0 Å². The fourth-order valence-electron chi connectivity index (χ4n) is 2.53. The molecule has 1 aliphatic heterocycles. The standard InChI is InChI=1S/C16H33N3O3.HI/c1-4-5-9-21-11-12-22-10-7-18-16(17-2)19-8-6-15(13-19)14-20-3;/h15H,4-14H2,1-3H3,(H,17,18);1H. The minimum absolute atomic E-state index is 0. The summed E-state index contributed by atoms with van der Waals surface area (Å²) in [5.41, 5.74) is 0. The van der Waals surface area contributed by atoms with Gasteiger partial charge in [-0.25, -0.2) is 0 Å². The lowest BCUT2D eigenvalue weighted by Gasteiger charge is -2.21. The summed E-state index contributed by atoms with van der Waals surface area (Å²) in [7, 11) is 3.59. The van der Waals surface area contributed by atoms with Gasteiger partial charge in [-0.2, -0.15) is 0 Å². The number of methoxy groups -OCH3 is 1. The number of nitrogens with zero attached hydrogens (tertiary/aromatic N) is 2. The van der Waals surface area contributed by atoms with Crippen molar-refractivity contribution in [1.82, 2.24) is 10.2 Å². The lowest BCUT2D eigenvalue weighted by atomic mass is 10.1. The molecular weight excluding hydrogens is 409 g/mol. The molecule has 0 aromatic rings. The first-order chi connectivity index (χ1) is 10.8. The fraction of sp³-hybridized carbons (Fsp3) is 0.938. The van der Waals surface area contributed by atoms with Crippen LogP contribution in [0.1, 0.15) is 26.2 Å². The van der Waals surface area contributed by atoms with Crippen LogP contribution in [-0.2, 0) is 14.2 Å². The minimum atomic E-state index is 0. The topological polar surface area (TPSA) is 55.3 Å². The molecule has 1 aliphatic rings. The molecule has 1 N–H and O–H groups in total. The molecule has 0 aromatic carbocycles. The van der Waals surface area contributed by atoms with Crippen molar-refractivity contribution < 1.29 is 14.2 Å². The van der Waals surface area contributed by atoms with Gasteiger partial charge in [-0.1, -0.05) is 13.3 Å². The van der Waals surface area contributed by atoms with Gasteiger partial charge in [-0.05, 0) is 12.8 Å². The molecule has 0 aromatic heterocycles. The van der Waals surface area contributed by atoms with Crippen molar-refractivity contribution in [3.8, 4) is 0 Å². The predicted octanol–water partition coefficient (Wildman–Crippen LogP) is 1.98. The number of guanidine groups is 1. The molecule has 1 unspecified atom stereocenters. The molecule has 0 bridgehead atoms. The van der Waals surface area contributed by atoms with Crippen molar-refractivity contribution in [2.24, 2.45) is 10.9 Å². The number of hydrogen-bond donors (Lipinski definition) is 1. The summed E-state index contributed by atoms with van der Waals surface area (Å²) in [4.78, 5) is 6.63. The normalized spacial score (nSPS) is 18.1. The smallest absolute Gasteiger partial charge is 0.193 e. The van der Waals surface area contributed by atoms with Crippen molar-refractivity contribution in [2.45, 2.75) is 26.2 Å². The molecule has 0 radical (unpaired) electrons. The molecule has 0 spiro atoms. The van der Waals surface area contributed by atoms with Crippen LogP contribution in [0.15, 0.2) is 4.99 Å². The van der Waals surface area contributed by atoms with Crippen LogP contribution in [0.4, 0.5) is 0 Å². The Kier molecular flexibility index (Phi) is 15.3. The third-order valence-corrected chi connectivity index (χ3v) is 3.74. The molecule has 138 valence electrons. The van der Waals surface area contributed by atoms with E-state index in [-0.39, 0.29) is 24.0 Å². The molecule has 1 heterocycles. The highest BCUT2D eigenvalue weighted by atomic mass is 127. The SMILES string of the molecule is CCCCOCCOCCNC(=NC)N1CCC(COC)C1.I. The van der Waals surface area contributed by atoms with Crippen molar-refractivity contribution >= 4 is 29.9 Å². The van der Waals surface area contributed by atoms with Gasteiger partial charge in [-0.3, -0.25) is 4.99 Å². The van der Waals surface area contributed by atoms with E-state index in [0.29, 0.717) is 25.7 Å². The van der Waals surface area contributed by atoms with E-state index in [1.807, 2.05) is 7.05 Å². The minimum Gasteiger partial charge on any atom is -0.384 e. The number of rotatable bonds is 11. The highest BCUT2D eigenvalue weighted by Crippen LogP contribution is 2.16. The van der Waals surface area contributed by atoms with E-state index in [1.54, 1.807) is 7.11 Å². The first-order valence-corrected chi connectivity index (χ1v) is 8.41. The molecular formula is C16H34IN3O3. The van der Waals surface area contributed by atoms with E-state index in [2.05, 4.69) is 22.1 Å². The number of hydrogen-bond acceptors (Lipinski definition) is 4. The molecule has 1 atom stereocenters. The van der Waals surface area contributed by atoms with Crippen LogP contribution >= 0.6 is 24.0 Å². The van der Waals surface area contributed by atoms with Crippen molar-refractivity contribution in [2.75, 3.05) is 66.8 Å². The van der Waals surface area contributed by atoms with Gasteiger partial charge in [0.15, 0.2) is 5.96 Å². The van der Waals surface area contributed by atoms with Crippen LogP contribution in [-0.4, -0.2) is 77.7 Å². The summed E-state index contributed by atoms with van der Waals surface area (Å²) in [5, 5.41) is 3.35. The molecule has 23 heavy (non-hydrogen) atoms. The summed E-state index contributed by atoms with van der Waals surface area (Å²) in [6, 6.07) is 0. The number of ether oxygens (including phenoxy) is 3. The van der Waals surface area contributed by atoms with E-state index >= 15 is 0 Å². The summed E-state index contributed by atoms with van der Waals surface area (Å²) < 4.78 is 16.2. The molecule has 0 aliphatic carbocycles. The van der Waals surface area contributed by atoms with E-state index < -0.39 is 0 Å². The van der Waals surface area contributed by atoms with Gasteiger partial charge in [0.2, 0.25) is 0 Å². The van der Waals surface area contributed by atoms with Gasteiger partial charge >= 0.3 is 0 Å². The Bertz CT molecular complexity index is 306. The number of unbranched alkanes of at least 4 members (excludes halogenated alkanes) is 1. The van der Waals surface area contributed by atoms with Crippen LogP contribution in [0.5, 0.6) is 0 Å². The predicted molar refractivity (Wildman–Crippen MR) is 105 cm³/mol.